The highest BCUT2D eigenvalue weighted by atomic mass is 79.9. The van der Waals surface area contributed by atoms with Gasteiger partial charge in [0.2, 0.25) is 0 Å². The highest BCUT2D eigenvalue weighted by Crippen LogP contribution is 2.26. The smallest absolute Gasteiger partial charge is 0.193 e. The molecular formula is C11H9BrO2S. The van der Waals surface area contributed by atoms with Crippen LogP contribution in [0.2, 0.25) is 0 Å². The molecule has 0 saturated carbocycles. The van der Waals surface area contributed by atoms with Crippen LogP contribution in [0.4, 0.5) is 0 Å². The second-order valence-corrected chi connectivity index (χ2v) is 5.10. The lowest BCUT2D eigenvalue weighted by Crippen LogP contribution is -1.99. The van der Waals surface area contributed by atoms with Crippen LogP contribution in [0.3, 0.4) is 0 Å². The molecule has 0 saturated heterocycles. The summed E-state index contributed by atoms with van der Waals surface area (Å²) in [6.07, 6.45) is 0. The highest BCUT2D eigenvalue weighted by molar-refractivity contribution is 9.10. The van der Waals surface area contributed by atoms with Crippen molar-refractivity contribution in [3.63, 3.8) is 0 Å². The first-order valence-corrected chi connectivity index (χ1v) is 6.35. The average molecular weight is 285 g/mol. The van der Waals surface area contributed by atoms with Crippen molar-refractivity contribution in [3.8, 4) is 0 Å². The lowest BCUT2D eigenvalue weighted by molar-refractivity contribution is 0.498. The Hall–Kier alpha value is -0.740. The van der Waals surface area contributed by atoms with E-state index in [-0.39, 0.29) is 5.43 Å². The lowest BCUT2D eigenvalue weighted by Gasteiger charge is -2.02. The monoisotopic (exact) mass is 284 g/mol. The van der Waals surface area contributed by atoms with Gasteiger partial charge in [0.25, 0.3) is 0 Å². The summed E-state index contributed by atoms with van der Waals surface area (Å²) in [6.45, 7) is 2.02. The minimum atomic E-state index is 0.00787. The Kier molecular flexibility index (Phi) is 3.17. The van der Waals surface area contributed by atoms with Crippen molar-refractivity contribution in [2.75, 3.05) is 5.75 Å². The minimum absolute atomic E-state index is 0.00787. The zero-order valence-corrected chi connectivity index (χ0v) is 10.5. The second kappa shape index (κ2) is 4.41. The van der Waals surface area contributed by atoms with Gasteiger partial charge in [-0.3, -0.25) is 4.79 Å². The van der Waals surface area contributed by atoms with Crippen LogP contribution in [0.5, 0.6) is 0 Å². The molecule has 4 heteroatoms. The van der Waals surface area contributed by atoms with Gasteiger partial charge in [-0.1, -0.05) is 24.8 Å². The van der Waals surface area contributed by atoms with E-state index in [1.165, 1.54) is 11.8 Å². The molecule has 2 rings (SSSR count). The summed E-state index contributed by atoms with van der Waals surface area (Å²) in [7, 11) is 0. The number of hydrogen-bond donors (Lipinski definition) is 0. The van der Waals surface area contributed by atoms with Crippen LogP contribution in [0, 0.1) is 0 Å². The standard InChI is InChI=1S/C11H9BrO2S/c1-2-15-10-6-9(13)7-4-3-5-8(12)11(7)14-10/h3-6H,2H2,1H3. The van der Waals surface area contributed by atoms with Crippen molar-refractivity contribution in [1.29, 1.82) is 0 Å². The zero-order valence-electron chi connectivity index (χ0n) is 8.12. The van der Waals surface area contributed by atoms with Crippen LogP contribution in [-0.4, -0.2) is 5.75 Å². The quantitative estimate of drug-likeness (QED) is 0.789. The van der Waals surface area contributed by atoms with Gasteiger partial charge < -0.3 is 4.42 Å². The minimum Gasteiger partial charge on any atom is -0.448 e. The molecule has 0 radical (unpaired) electrons. The predicted molar refractivity (Wildman–Crippen MR) is 66.6 cm³/mol. The molecule has 1 aromatic heterocycles. The number of para-hydroxylation sites is 1. The van der Waals surface area contributed by atoms with Crippen LogP contribution in [-0.2, 0) is 0 Å². The van der Waals surface area contributed by atoms with Gasteiger partial charge in [-0.05, 0) is 33.8 Å². The van der Waals surface area contributed by atoms with Gasteiger partial charge in [0.05, 0.1) is 9.86 Å². The van der Waals surface area contributed by atoms with E-state index in [1.54, 1.807) is 12.1 Å². The summed E-state index contributed by atoms with van der Waals surface area (Å²) in [5.74, 6) is 0.888. The third-order valence-electron chi connectivity index (χ3n) is 1.97. The number of fused-ring (bicyclic) bond motifs is 1. The summed E-state index contributed by atoms with van der Waals surface area (Å²) < 4.78 is 6.45. The molecule has 78 valence electrons. The van der Waals surface area contributed by atoms with E-state index in [0.717, 1.165) is 10.2 Å². The molecule has 0 aliphatic carbocycles. The van der Waals surface area contributed by atoms with E-state index in [0.29, 0.717) is 16.1 Å². The van der Waals surface area contributed by atoms with Gasteiger partial charge in [-0.2, -0.15) is 0 Å². The molecule has 2 nitrogen and oxygen atoms in total. The number of hydrogen-bond acceptors (Lipinski definition) is 3. The van der Waals surface area contributed by atoms with E-state index >= 15 is 0 Å². The third kappa shape index (κ3) is 2.11. The molecule has 0 N–H and O–H groups in total. The van der Waals surface area contributed by atoms with Crippen LogP contribution < -0.4 is 5.43 Å². The zero-order chi connectivity index (χ0) is 10.8. The van der Waals surface area contributed by atoms with Gasteiger partial charge in [0.15, 0.2) is 16.1 Å². The Balaban J connectivity index is 2.74. The van der Waals surface area contributed by atoms with Gasteiger partial charge >= 0.3 is 0 Å². The Labute approximate surface area is 99.8 Å². The predicted octanol–water partition coefficient (Wildman–Crippen LogP) is 3.67. The Morgan fingerprint density at radius 2 is 2.27 bits per heavy atom. The van der Waals surface area contributed by atoms with Crippen molar-refractivity contribution in [1.82, 2.24) is 0 Å². The second-order valence-electron chi connectivity index (χ2n) is 2.98. The van der Waals surface area contributed by atoms with Gasteiger partial charge in [-0.15, -0.1) is 0 Å². The average Bonchev–Trinajstić information content (AvgIpc) is 2.20. The summed E-state index contributed by atoms with van der Waals surface area (Å²) in [6, 6.07) is 7.01. The molecule has 0 unspecified atom stereocenters. The SMILES string of the molecule is CCSc1cc(=O)c2cccc(Br)c2o1. The third-order valence-corrected chi connectivity index (χ3v) is 3.37. The lowest BCUT2D eigenvalue weighted by atomic mass is 10.2. The largest absolute Gasteiger partial charge is 0.448 e. The Morgan fingerprint density at radius 3 is 3.00 bits per heavy atom. The van der Waals surface area contributed by atoms with Gasteiger partial charge in [0, 0.05) is 6.07 Å². The fourth-order valence-electron chi connectivity index (χ4n) is 1.33. The molecule has 0 atom stereocenters. The first-order chi connectivity index (χ1) is 7.22. The normalized spacial score (nSPS) is 10.8. The van der Waals surface area contributed by atoms with Crippen molar-refractivity contribution < 1.29 is 4.42 Å². The first kappa shape index (κ1) is 10.8. The fraction of sp³-hybridized carbons (Fsp3) is 0.182. The molecule has 2 aromatic rings. The van der Waals surface area contributed by atoms with Crippen LogP contribution in [0.25, 0.3) is 11.0 Å². The van der Waals surface area contributed by atoms with Crippen molar-refractivity contribution in [3.05, 3.63) is 39.0 Å². The summed E-state index contributed by atoms with van der Waals surface area (Å²) in [4.78, 5) is 11.7. The maximum atomic E-state index is 11.7. The molecule has 0 spiro atoms. The molecule has 0 amide bonds. The number of rotatable bonds is 2. The molecule has 1 heterocycles. The molecule has 1 aromatic carbocycles. The van der Waals surface area contributed by atoms with E-state index in [9.17, 15) is 4.79 Å². The van der Waals surface area contributed by atoms with E-state index in [2.05, 4.69) is 15.9 Å². The van der Waals surface area contributed by atoms with Crippen LogP contribution >= 0.6 is 27.7 Å². The van der Waals surface area contributed by atoms with Crippen molar-refractivity contribution in [2.45, 2.75) is 12.0 Å². The molecular weight excluding hydrogens is 276 g/mol. The van der Waals surface area contributed by atoms with Gasteiger partial charge in [-0.25, -0.2) is 0 Å². The molecule has 0 bridgehead atoms. The molecule has 0 aliphatic heterocycles. The fourth-order valence-corrected chi connectivity index (χ4v) is 2.40. The summed E-state index contributed by atoms with van der Waals surface area (Å²) >= 11 is 4.90. The first-order valence-electron chi connectivity index (χ1n) is 4.57. The molecule has 0 fully saturated rings. The van der Waals surface area contributed by atoms with Crippen molar-refractivity contribution >= 4 is 38.7 Å². The maximum Gasteiger partial charge on any atom is 0.193 e. The number of halogens is 1. The van der Waals surface area contributed by atoms with E-state index in [4.69, 9.17) is 4.42 Å². The van der Waals surface area contributed by atoms with E-state index in [1.807, 2.05) is 19.1 Å². The van der Waals surface area contributed by atoms with Gasteiger partial charge in [0.1, 0.15) is 0 Å². The maximum absolute atomic E-state index is 11.7. The summed E-state index contributed by atoms with van der Waals surface area (Å²) in [5, 5.41) is 1.28. The van der Waals surface area contributed by atoms with E-state index < -0.39 is 0 Å². The Morgan fingerprint density at radius 1 is 1.47 bits per heavy atom. The van der Waals surface area contributed by atoms with Crippen LogP contribution in [0.1, 0.15) is 6.92 Å². The Bertz CT molecular complexity index is 548. The number of thioether (sulfide) groups is 1. The van der Waals surface area contributed by atoms with Crippen molar-refractivity contribution in [2.24, 2.45) is 0 Å². The summed E-state index contributed by atoms with van der Waals surface area (Å²) in [5.41, 5.74) is 0.634. The molecule has 15 heavy (non-hydrogen) atoms. The number of benzene rings is 1. The molecule has 0 aliphatic rings. The van der Waals surface area contributed by atoms with Crippen LogP contribution in [0.15, 0.2) is 43.0 Å². The highest BCUT2D eigenvalue weighted by Gasteiger charge is 2.06. The topological polar surface area (TPSA) is 30.2 Å².